The van der Waals surface area contributed by atoms with Crippen LogP contribution in [-0.2, 0) is 0 Å². The van der Waals surface area contributed by atoms with E-state index in [0.717, 1.165) is 18.2 Å². The zero-order chi connectivity index (χ0) is 36.2. The highest BCUT2D eigenvalue weighted by Gasteiger charge is 2.22. The molecule has 49 heavy (non-hydrogen) atoms. The van der Waals surface area contributed by atoms with E-state index < -0.39 is 29.5 Å². The molecule has 12 nitrogen and oxygen atoms in total. The minimum Gasteiger partial charge on any atom is -0.478 e. The highest BCUT2D eigenvalue weighted by atomic mass is 32.1. The van der Waals surface area contributed by atoms with Crippen molar-refractivity contribution in [2.24, 2.45) is 15.3 Å². The van der Waals surface area contributed by atoms with Crippen molar-refractivity contribution in [3.63, 3.8) is 0 Å². The number of hydrogen-bond acceptors (Lipinski definition) is 9. The molecule has 0 spiro atoms. The van der Waals surface area contributed by atoms with Gasteiger partial charge in [-0.25, -0.2) is 23.2 Å². The maximum Gasteiger partial charge on any atom is 0.336 e. The number of nitrogens with one attached hydrogen (secondary N) is 3. The van der Waals surface area contributed by atoms with Crippen LogP contribution in [0, 0.1) is 11.6 Å². The van der Waals surface area contributed by atoms with Crippen molar-refractivity contribution < 1.29 is 42.9 Å². The van der Waals surface area contributed by atoms with Crippen molar-refractivity contribution in [1.82, 2.24) is 16.3 Å². The van der Waals surface area contributed by atoms with Crippen molar-refractivity contribution in [1.29, 1.82) is 0 Å². The van der Waals surface area contributed by atoms with Crippen molar-refractivity contribution in [3.8, 4) is 0 Å². The quantitative estimate of drug-likeness (QED) is 0.185. The topological polar surface area (TPSA) is 185 Å². The molecule has 0 saturated carbocycles. The summed E-state index contributed by atoms with van der Waals surface area (Å²) in [5.41, 5.74) is 10.9. The van der Waals surface area contributed by atoms with E-state index in [1.54, 1.807) is 24.3 Å². The highest BCUT2D eigenvalue weighted by Crippen LogP contribution is 2.18. The predicted octanol–water partition coefficient (Wildman–Crippen LogP) is 5.09. The Morgan fingerprint density at radius 3 is 1.41 bits per heavy atom. The number of carboxylic acids is 3. The Bertz CT molecular complexity index is 1940. The van der Waals surface area contributed by atoms with Crippen molar-refractivity contribution in [2.45, 2.75) is 19.3 Å². The summed E-state index contributed by atoms with van der Waals surface area (Å²) in [5, 5.41) is 38.6. The molecule has 3 heterocycles. The second-order valence-corrected chi connectivity index (χ2v) is 11.1. The minimum absolute atomic E-state index is 0.0200. The van der Waals surface area contributed by atoms with Gasteiger partial charge in [0, 0.05) is 36.0 Å². The molecular weight excluding hydrogens is 706 g/mol. The van der Waals surface area contributed by atoms with Gasteiger partial charge in [-0.3, -0.25) is 20.7 Å². The average molecular weight is 731 g/mol. The summed E-state index contributed by atoms with van der Waals surface area (Å²) in [6.07, 6.45) is 1.21. The number of nitrogens with zero attached hydrogens (tertiary/aromatic N) is 3. The van der Waals surface area contributed by atoms with Gasteiger partial charge in [0.15, 0.2) is 0 Å². The molecule has 18 heteroatoms. The number of hydrazone groups is 3. The zero-order valence-electron chi connectivity index (χ0n) is 25.2. The Morgan fingerprint density at radius 1 is 0.571 bits per heavy atom. The second kappa shape index (κ2) is 17.6. The van der Waals surface area contributed by atoms with Crippen LogP contribution in [-0.4, -0.2) is 72.5 Å². The fourth-order valence-corrected chi connectivity index (χ4v) is 4.90. The van der Waals surface area contributed by atoms with E-state index in [1.807, 2.05) is 0 Å². The van der Waals surface area contributed by atoms with Crippen LogP contribution >= 0.6 is 36.7 Å². The number of halogens is 3. The number of hydrogen-bond donors (Lipinski definition) is 6. The third-order valence-electron chi connectivity index (χ3n) is 6.44. The number of carbonyl (C=O) groups is 3. The van der Waals surface area contributed by atoms with Crippen LogP contribution in [0.4, 0.5) is 13.2 Å². The van der Waals surface area contributed by atoms with Gasteiger partial charge < -0.3 is 15.3 Å². The van der Waals surface area contributed by atoms with E-state index in [-0.39, 0.29) is 22.3 Å². The Labute approximate surface area is 292 Å². The molecule has 3 aliphatic rings. The molecule has 0 bridgehead atoms. The standard InChI is InChI=1S/2C10H7FN2O2S.C10H8N2O2S.CH3F/c11-5-1-2-6(10(14)15)7(3-5)8-4-9(16)13-12-8;11-5-1-2-6(7(3-5)10(14)15)8-4-9(16)13-12-8;13-10(14)7-4-2-1-3-6(7)8-5-9(15)12-11-8;1-2/h2*1-3H,4H2,(H,13,16)(H,14,15);1-4H,5H2,(H,12,15)(H,13,14);1H3. The third kappa shape index (κ3) is 10.3. The van der Waals surface area contributed by atoms with Gasteiger partial charge in [-0.05, 0) is 42.5 Å². The average Bonchev–Trinajstić information content (AvgIpc) is 3.83. The smallest absolute Gasteiger partial charge is 0.336 e. The Balaban J connectivity index is 0.000000194. The Kier molecular flexibility index (Phi) is 13.7. The number of rotatable bonds is 6. The SMILES string of the molecule is CF.O=C(O)c1cc(F)ccc1C1=NNC(=S)C1.O=C(O)c1ccc(F)cc1C1=NNC(=S)C1.O=C(O)c1ccccc1C1=NNC(=S)C1. The van der Waals surface area contributed by atoms with Gasteiger partial charge in [-0.15, -0.1) is 0 Å². The maximum absolute atomic E-state index is 13.1. The van der Waals surface area contributed by atoms with Gasteiger partial charge in [0.2, 0.25) is 0 Å². The minimum atomic E-state index is -1.19. The van der Waals surface area contributed by atoms with Gasteiger partial charge in [0.05, 0.1) is 41.0 Å². The van der Waals surface area contributed by atoms with E-state index in [2.05, 4.69) is 31.6 Å². The third-order valence-corrected chi connectivity index (χ3v) is 7.15. The number of carboxylic acid groups (broad SMARTS) is 3. The Morgan fingerprint density at radius 2 is 0.959 bits per heavy atom. The summed E-state index contributed by atoms with van der Waals surface area (Å²) < 4.78 is 35.5. The molecule has 0 amide bonds. The monoisotopic (exact) mass is 730 g/mol. The molecule has 6 N–H and O–H groups in total. The molecule has 0 fully saturated rings. The van der Waals surface area contributed by atoms with E-state index >= 15 is 0 Å². The van der Waals surface area contributed by atoms with Gasteiger partial charge in [-0.2, -0.15) is 15.3 Å². The summed E-state index contributed by atoms with van der Waals surface area (Å²) >= 11 is 14.7. The molecule has 3 aromatic rings. The van der Waals surface area contributed by atoms with Crippen molar-refractivity contribution in [2.75, 3.05) is 7.18 Å². The normalized spacial score (nSPS) is 14.1. The van der Waals surface area contributed by atoms with E-state index in [0.29, 0.717) is 69.7 Å². The Hall–Kier alpha value is -5.46. The van der Waals surface area contributed by atoms with Crippen LogP contribution in [0.25, 0.3) is 0 Å². The lowest BCUT2D eigenvalue weighted by Gasteiger charge is -2.04. The lowest BCUT2D eigenvalue weighted by molar-refractivity contribution is 0.0685. The summed E-state index contributed by atoms with van der Waals surface area (Å²) in [6.45, 7) is 0. The van der Waals surface area contributed by atoms with Crippen LogP contribution in [0.2, 0.25) is 0 Å². The lowest BCUT2D eigenvalue weighted by Crippen LogP contribution is -2.09. The first-order valence-electron chi connectivity index (χ1n) is 13.7. The summed E-state index contributed by atoms with van der Waals surface area (Å²) in [4.78, 5) is 34.5. The second-order valence-electron chi connectivity index (χ2n) is 9.65. The largest absolute Gasteiger partial charge is 0.478 e. The molecule has 0 unspecified atom stereocenters. The van der Waals surface area contributed by atoms with Crippen LogP contribution in [0.3, 0.4) is 0 Å². The van der Waals surface area contributed by atoms with Crippen LogP contribution in [0.5, 0.6) is 0 Å². The first-order valence-corrected chi connectivity index (χ1v) is 14.9. The fraction of sp³-hybridized carbons (Fsp3) is 0.129. The summed E-state index contributed by atoms with van der Waals surface area (Å²) in [6, 6.07) is 13.8. The molecule has 3 aromatic carbocycles. The lowest BCUT2D eigenvalue weighted by atomic mass is 10.0. The number of aromatic carboxylic acids is 3. The van der Waals surface area contributed by atoms with Crippen molar-refractivity contribution in [3.05, 3.63) is 106 Å². The first kappa shape index (κ1) is 38.0. The molecule has 6 rings (SSSR count). The van der Waals surface area contributed by atoms with Gasteiger partial charge >= 0.3 is 17.9 Å². The molecular formula is C31H25F3N6O6S3. The molecule has 0 aromatic heterocycles. The maximum atomic E-state index is 13.1. The first-order chi connectivity index (χ1) is 23.3. The van der Waals surface area contributed by atoms with Crippen molar-refractivity contribution >= 4 is 86.7 Å². The highest BCUT2D eigenvalue weighted by molar-refractivity contribution is 7.80. The zero-order valence-corrected chi connectivity index (χ0v) is 27.6. The van der Waals surface area contributed by atoms with Crippen LogP contribution in [0.15, 0.2) is 76.0 Å². The summed E-state index contributed by atoms with van der Waals surface area (Å²) in [5.74, 6) is -4.34. The van der Waals surface area contributed by atoms with Crippen LogP contribution in [0.1, 0.15) is 67.0 Å². The molecule has 0 aliphatic carbocycles. The number of alkyl halides is 1. The molecule has 3 aliphatic heterocycles. The van der Waals surface area contributed by atoms with Gasteiger partial charge in [0.1, 0.15) is 26.6 Å². The van der Waals surface area contributed by atoms with Crippen LogP contribution < -0.4 is 16.3 Å². The van der Waals surface area contributed by atoms with Gasteiger partial charge in [0.25, 0.3) is 0 Å². The van der Waals surface area contributed by atoms with Gasteiger partial charge in [-0.1, -0.05) is 54.9 Å². The molecule has 0 radical (unpaired) electrons. The van der Waals surface area contributed by atoms with E-state index in [9.17, 15) is 27.6 Å². The molecule has 0 saturated heterocycles. The molecule has 0 atom stereocenters. The number of thiocarbonyl (C=S) groups is 3. The number of benzene rings is 3. The summed E-state index contributed by atoms with van der Waals surface area (Å²) in [7, 11) is 0.500. The fourth-order valence-electron chi connectivity index (χ4n) is 4.36. The predicted molar refractivity (Wildman–Crippen MR) is 188 cm³/mol. The van der Waals surface area contributed by atoms with E-state index in [1.165, 1.54) is 18.2 Å². The molecule has 254 valence electrons. The van der Waals surface area contributed by atoms with E-state index in [4.69, 9.17) is 52.0 Å².